The topological polar surface area (TPSA) is 88.8 Å². The van der Waals surface area contributed by atoms with Gasteiger partial charge in [0.05, 0.1) is 12.3 Å². The van der Waals surface area contributed by atoms with Crippen LogP contribution in [0.2, 0.25) is 0 Å². The number of fused-ring (bicyclic) bond motifs is 2. The van der Waals surface area contributed by atoms with Crippen molar-refractivity contribution in [2.24, 2.45) is 0 Å². The Bertz CT molecular complexity index is 690. The molecule has 6 heteroatoms. The molecule has 20 heavy (non-hydrogen) atoms. The lowest BCUT2D eigenvalue weighted by molar-refractivity contribution is -0.219. The molecule has 106 valence electrons. The first kappa shape index (κ1) is 13.2. The largest absolute Gasteiger partial charge is 0.375 e. The van der Waals surface area contributed by atoms with Crippen LogP contribution in [0.4, 0.5) is 0 Å². The summed E-state index contributed by atoms with van der Waals surface area (Å²) >= 11 is 0. The van der Waals surface area contributed by atoms with Crippen LogP contribution in [-0.4, -0.2) is 26.9 Å². The van der Waals surface area contributed by atoms with Crippen molar-refractivity contribution in [1.29, 1.82) is 0 Å². The van der Waals surface area contributed by atoms with Crippen LogP contribution < -0.4 is 5.56 Å². The van der Waals surface area contributed by atoms with Crippen molar-refractivity contribution < 1.29 is 19.7 Å². The van der Waals surface area contributed by atoms with Crippen molar-refractivity contribution in [2.75, 3.05) is 0 Å². The minimum absolute atomic E-state index is 0.0978. The molecule has 0 aliphatic carbocycles. The molecule has 0 bridgehead atoms. The van der Waals surface area contributed by atoms with Gasteiger partial charge in [0.1, 0.15) is 0 Å². The maximum atomic E-state index is 12.4. The number of ether oxygens (including phenoxy) is 1. The van der Waals surface area contributed by atoms with Gasteiger partial charge in [-0.15, -0.1) is 0 Å². The van der Waals surface area contributed by atoms with E-state index in [0.29, 0.717) is 6.54 Å². The standard InChI is InChI=1S/C14H15NO5/c1-7(2)14(19)9-5-10-11(16)3-4-15(10)12(17)8(9)6-20-13(14)18/h5,13,18-19H,1,3-4,6H2,2H3/t13?,14-/m0/s1. The molecule has 1 aromatic heterocycles. The molecule has 0 saturated heterocycles. The minimum atomic E-state index is -1.87. The first-order valence-corrected chi connectivity index (χ1v) is 6.35. The van der Waals surface area contributed by atoms with E-state index in [9.17, 15) is 19.8 Å². The number of rotatable bonds is 1. The predicted molar refractivity (Wildman–Crippen MR) is 69.2 cm³/mol. The summed E-state index contributed by atoms with van der Waals surface area (Å²) in [5, 5.41) is 20.6. The average Bonchev–Trinajstić information content (AvgIpc) is 2.77. The third-order valence-electron chi connectivity index (χ3n) is 4.05. The van der Waals surface area contributed by atoms with Crippen LogP contribution in [0.3, 0.4) is 0 Å². The molecule has 1 unspecified atom stereocenters. The van der Waals surface area contributed by atoms with Crippen molar-refractivity contribution >= 4 is 5.78 Å². The van der Waals surface area contributed by atoms with Gasteiger partial charge in [-0.05, 0) is 18.6 Å². The molecule has 3 rings (SSSR count). The Kier molecular flexibility index (Phi) is 2.72. The van der Waals surface area contributed by atoms with E-state index in [1.54, 1.807) is 0 Å². The molecule has 3 heterocycles. The zero-order valence-electron chi connectivity index (χ0n) is 11.0. The summed E-state index contributed by atoms with van der Waals surface area (Å²) in [6.45, 7) is 5.44. The smallest absolute Gasteiger partial charge is 0.257 e. The molecular formula is C14H15NO5. The Hall–Kier alpha value is -1.76. The van der Waals surface area contributed by atoms with Gasteiger partial charge in [-0.2, -0.15) is 0 Å². The molecule has 0 fully saturated rings. The summed E-state index contributed by atoms with van der Waals surface area (Å²) in [4.78, 5) is 24.2. The van der Waals surface area contributed by atoms with Gasteiger partial charge in [-0.3, -0.25) is 9.59 Å². The first-order valence-electron chi connectivity index (χ1n) is 6.35. The lowest BCUT2D eigenvalue weighted by Crippen LogP contribution is -2.48. The molecule has 0 radical (unpaired) electrons. The number of aliphatic hydroxyl groups is 2. The summed E-state index contributed by atoms with van der Waals surface area (Å²) in [6.07, 6.45) is -1.24. The first-order chi connectivity index (χ1) is 9.37. The summed E-state index contributed by atoms with van der Waals surface area (Å²) < 4.78 is 6.49. The summed E-state index contributed by atoms with van der Waals surface area (Å²) in [6, 6.07) is 1.48. The molecule has 0 saturated carbocycles. The zero-order valence-corrected chi connectivity index (χ0v) is 11.0. The summed E-state index contributed by atoms with van der Waals surface area (Å²) in [5.41, 5.74) is -1.22. The molecule has 2 atom stereocenters. The molecular weight excluding hydrogens is 262 g/mol. The highest BCUT2D eigenvalue weighted by molar-refractivity contribution is 5.96. The number of hydrogen-bond donors (Lipinski definition) is 2. The lowest BCUT2D eigenvalue weighted by Gasteiger charge is -2.38. The number of hydrogen-bond acceptors (Lipinski definition) is 5. The van der Waals surface area contributed by atoms with Crippen LogP contribution >= 0.6 is 0 Å². The number of ketones is 1. The van der Waals surface area contributed by atoms with Crippen molar-refractivity contribution in [3.05, 3.63) is 45.4 Å². The Balaban J connectivity index is 2.34. The number of nitrogens with zero attached hydrogens (tertiary/aromatic N) is 1. The van der Waals surface area contributed by atoms with E-state index in [-0.39, 0.29) is 46.8 Å². The number of aromatic nitrogens is 1. The second-order valence-corrected chi connectivity index (χ2v) is 5.26. The Labute approximate surface area is 114 Å². The van der Waals surface area contributed by atoms with E-state index in [2.05, 4.69) is 6.58 Å². The van der Waals surface area contributed by atoms with Gasteiger partial charge in [0.2, 0.25) is 0 Å². The number of carbonyl (C=O) groups excluding carboxylic acids is 1. The van der Waals surface area contributed by atoms with E-state index in [1.807, 2.05) is 0 Å². The fourth-order valence-electron chi connectivity index (χ4n) is 2.82. The predicted octanol–water partition coefficient (Wildman–Crippen LogP) is 0.0470. The van der Waals surface area contributed by atoms with E-state index in [0.717, 1.165) is 0 Å². The van der Waals surface area contributed by atoms with Crippen LogP contribution in [0.15, 0.2) is 23.0 Å². The molecule has 2 aliphatic rings. The fourth-order valence-corrected chi connectivity index (χ4v) is 2.82. The third-order valence-corrected chi connectivity index (χ3v) is 4.05. The molecule has 6 nitrogen and oxygen atoms in total. The highest BCUT2D eigenvalue weighted by Gasteiger charge is 2.46. The van der Waals surface area contributed by atoms with Crippen LogP contribution in [0.1, 0.15) is 35.0 Å². The zero-order chi connectivity index (χ0) is 14.7. The van der Waals surface area contributed by atoms with Gasteiger partial charge in [-0.1, -0.05) is 6.58 Å². The number of carbonyl (C=O) groups is 1. The van der Waals surface area contributed by atoms with Crippen LogP contribution in [-0.2, 0) is 23.5 Å². The number of aliphatic hydroxyl groups excluding tert-OH is 1. The van der Waals surface area contributed by atoms with E-state index in [4.69, 9.17) is 4.74 Å². The average molecular weight is 277 g/mol. The number of pyridine rings is 1. The summed E-state index contributed by atoms with van der Waals surface area (Å²) in [7, 11) is 0. The van der Waals surface area contributed by atoms with Gasteiger partial charge in [-0.25, -0.2) is 0 Å². The number of Topliss-reactive ketones (excluding diaryl/α,β-unsaturated/α-hetero) is 1. The van der Waals surface area contributed by atoms with E-state index >= 15 is 0 Å². The quantitative estimate of drug-likeness (QED) is 0.708. The van der Waals surface area contributed by atoms with E-state index in [1.165, 1.54) is 17.6 Å². The molecule has 0 aromatic carbocycles. The second-order valence-electron chi connectivity index (χ2n) is 5.26. The molecule has 2 aliphatic heterocycles. The Morgan fingerprint density at radius 1 is 1.55 bits per heavy atom. The molecule has 0 spiro atoms. The van der Waals surface area contributed by atoms with Crippen LogP contribution in [0.25, 0.3) is 0 Å². The van der Waals surface area contributed by atoms with Crippen molar-refractivity contribution in [3.8, 4) is 0 Å². The minimum Gasteiger partial charge on any atom is -0.375 e. The third kappa shape index (κ3) is 1.49. The maximum absolute atomic E-state index is 12.4. The van der Waals surface area contributed by atoms with Crippen molar-refractivity contribution in [1.82, 2.24) is 4.57 Å². The van der Waals surface area contributed by atoms with Gasteiger partial charge in [0.25, 0.3) is 5.56 Å². The van der Waals surface area contributed by atoms with Gasteiger partial charge < -0.3 is 19.5 Å². The van der Waals surface area contributed by atoms with Crippen molar-refractivity contribution in [3.63, 3.8) is 0 Å². The molecule has 1 aromatic rings. The van der Waals surface area contributed by atoms with Gasteiger partial charge in [0.15, 0.2) is 17.7 Å². The van der Waals surface area contributed by atoms with Gasteiger partial charge in [0, 0.05) is 24.1 Å². The second kappa shape index (κ2) is 4.12. The monoisotopic (exact) mass is 277 g/mol. The molecule has 2 N–H and O–H groups in total. The molecule has 0 amide bonds. The van der Waals surface area contributed by atoms with Crippen molar-refractivity contribution in [2.45, 2.75) is 38.4 Å². The summed E-state index contributed by atoms with van der Waals surface area (Å²) in [5.74, 6) is -0.144. The van der Waals surface area contributed by atoms with E-state index < -0.39 is 11.9 Å². The highest BCUT2D eigenvalue weighted by Crippen LogP contribution is 2.38. The normalized spacial score (nSPS) is 28.1. The van der Waals surface area contributed by atoms with Gasteiger partial charge >= 0.3 is 0 Å². The SMILES string of the molecule is C=C(C)[C@]1(O)c2cc3n(c(=O)c2COC1O)CCC3=O. The Morgan fingerprint density at radius 3 is 2.90 bits per heavy atom. The van der Waals surface area contributed by atoms with Crippen LogP contribution in [0.5, 0.6) is 0 Å². The highest BCUT2D eigenvalue weighted by atomic mass is 16.6. The van der Waals surface area contributed by atoms with Crippen LogP contribution in [0, 0.1) is 0 Å². The Morgan fingerprint density at radius 2 is 2.25 bits per heavy atom. The lowest BCUT2D eigenvalue weighted by atomic mass is 9.82. The fraction of sp³-hybridized carbons (Fsp3) is 0.429. The maximum Gasteiger partial charge on any atom is 0.257 e.